The van der Waals surface area contributed by atoms with E-state index in [0.29, 0.717) is 17.5 Å². The molecular weight excluding hydrogens is 663 g/mol. The summed E-state index contributed by atoms with van der Waals surface area (Å²) in [5, 5.41) is 12.1. The maximum Gasteiger partial charge on any atom is 0.164 e. The van der Waals surface area contributed by atoms with Crippen LogP contribution < -0.4 is 0 Å². The Morgan fingerprint density at radius 1 is 0.302 bits per heavy atom. The molecule has 0 saturated carbocycles. The molecule has 11 rings (SSSR count). The molecule has 246 valence electrons. The normalized spacial score (nSPS) is 11.8. The molecular formula is C49H29N3S. The topological polar surface area (TPSA) is 38.7 Å². The van der Waals surface area contributed by atoms with Crippen molar-refractivity contribution in [2.45, 2.75) is 0 Å². The van der Waals surface area contributed by atoms with Gasteiger partial charge in [-0.2, -0.15) is 0 Å². The van der Waals surface area contributed by atoms with Crippen LogP contribution in [0.25, 0.3) is 109 Å². The summed E-state index contributed by atoms with van der Waals surface area (Å²) in [5.74, 6) is 1.97. The Kier molecular flexibility index (Phi) is 6.73. The number of hydrogen-bond acceptors (Lipinski definition) is 4. The largest absolute Gasteiger partial charge is 0.208 e. The van der Waals surface area contributed by atoms with Crippen LogP contribution in [-0.4, -0.2) is 15.0 Å². The van der Waals surface area contributed by atoms with Crippen LogP contribution in [0.5, 0.6) is 0 Å². The van der Waals surface area contributed by atoms with Crippen molar-refractivity contribution in [1.29, 1.82) is 0 Å². The highest BCUT2D eigenvalue weighted by atomic mass is 32.1. The van der Waals surface area contributed by atoms with Crippen molar-refractivity contribution >= 4 is 74.6 Å². The fourth-order valence-corrected chi connectivity index (χ4v) is 9.18. The SMILES string of the molecule is c1ccc2c(c1)cc(-c1ccc(-c3nc(-c4cccc5ccc6ccccc6c45)nc(-c4cccc5sc6ccccc6c45)n3)cc1)c1ccccc12. The summed E-state index contributed by atoms with van der Waals surface area (Å²) >= 11 is 1.80. The van der Waals surface area contributed by atoms with Gasteiger partial charge in [-0.1, -0.05) is 158 Å². The first kappa shape index (κ1) is 29.9. The number of thiophene rings is 1. The summed E-state index contributed by atoms with van der Waals surface area (Å²) in [7, 11) is 0. The zero-order chi connectivity index (χ0) is 34.9. The van der Waals surface area contributed by atoms with Crippen molar-refractivity contribution in [3.8, 4) is 45.3 Å². The summed E-state index contributed by atoms with van der Waals surface area (Å²) in [5.41, 5.74) is 5.30. The molecule has 3 nitrogen and oxygen atoms in total. The van der Waals surface area contributed by atoms with Crippen LogP contribution in [0, 0.1) is 0 Å². The Hall–Kier alpha value is -6.75. The third kappa shape index (κ3) is 4.84. The van der Waals surface area contributed by atoms with E-state index in [1.807, 2.05) is 0 Å². The molecule has 2 heterocycles. The molecule has 0 saturated heterocycles. The van der Waals surface area contributed by atoms with Crippen LogP contribution in [-0.2, 0) is 0 Å². The van der Waals surface area contributed by atoms with Crippen molar-refractivity contribution < 1.29 is 0 Å². The summed E-state index contributed by atoms with van der Waals surface area (Å²) in [6.45, 7) is 0. The van der Waals surface area contributed by atoms with Crippen LogP contribution in [0.4, 0.5) is 0 Å². The molecule has 0 aliphatic rings. The number of rotatable bonds is 4. The third-order valence-electron chi connectivity index (χ3n) is 10.5. The standard InChI is InChI=1S/C49H29N3S/c1-4-15-36-30(11-1)23-26-32-13-9-19-40(45(32)36)48-50-47(51-49(52-48)41-20-10-22-44-46(41)39-18-7-8-21-43(39)53-44)33-27-24-31(25-28-33)42-29-34-12-2-3-14-35(34)37-16-5-6-17-38(37)42/h1-29H. The first-order valence-electron chi connectivity index (χ1n) is 17.9. The number of aromatic nitrogens is 3. The Bertz CT molecular complexity index is 3230. The minimum absolute atomic E-state index is 0.647. The molecule has 11 aromatic rings. The Morgan fingerprint density at radius 3 is 1.66 bits per heavy atom. The highest BCUT2D eigenvalue weighted by Gasteiger charge is 2.19. The maximum atomic E-state index is 5.30. The number of fused-ring (bicyclic) bond motifs is 9. The lowest BCUT2D eigenvalue weighted by atomic mass is 9.93. The van der Waals surface area contributed by atoms with E-state index in [1.54, 1.807) is 11.3 Å². The lowest BCUT2D eigenvalue weighted by Crippen LogP contribution is -2.01. The molecule has 9 aromatic carbocycles. The quantitative estimate of drug-likeness (QED) is 0.172. The smallest absolute Gasteiger partial charge is 0.164 e. The minimum Gasteiger partial charge on any atom is -0.208 e. The molecule has 2 aromatic heterocycles. The van der Waals surface area contributed by atoms with Gasteiger partial charge >= 0.3 is 0 Å². The molecule has 0 radical (unpaired) electrons. The molecule has 0 fully saturated rings. The van der Waals surface area contributed by atoms with Crippen molar-refractivity contribution in [2.75, 3.05) is 0 Å². The molecule has 0 aliphatic carbocycles. The van der Waals surface area contributed by atoms with Crippen LogP contribution in [0.3, 0.4) is 0 Å². The van der Waals surface area contributed by atoms with Gasteiger partial charge in [-0.25, -0.2) is 15.0 Å². The van der Waals surface area contributed by atoms with Crippen LogP contribution in [0.1, 0.15) is 0 Å². The van der Waals surface area contributed by atoms with Crippen molar-refractivity contribution in [2.24, 2.45) is 0 Å². The summed E-state index contributed by atoms with van der Waals surface area (Å²) in [6.07, 6.45) is 0. The summed E-state index contributed by atoms with van der Waals surface area (Å²) in [6, 6.07) is 62.7. The molecule has 4 heteroatoms. The Labute approximate surface area is 309 Å². The molecule has 53 heavy (non-hydrogen) atoms. The predicted molar refractivity (Wildman–Crippen MR) is 224 cm³/mol. The predicted octanol–water partition coefficient (Wildman–Crippen LogP) is 13.5. The van der Waals surface area contributed by atoms with Gasteiger partial charge < -0.3 is 0 Å². The van der Waals surface area contributed by atoms with Gasteiger partial charge in [0.15, 0.2) is 17.5 Å². The van der Waals surface area contributed by atoms with Crippen molar-refractivity contribution in [1.82, 2.24) is 15.0 Å². The molecule has 0 unspecified atom stereocenters. The first-order valence-corrected chi connectivity index (χ1v) is 18.7. The van der Waals surface area contributed by atoms with E-state index in [4.69, 9.17) is 15.0 Å². The third-order valence-corrected chi connectivity index (χ3v) is 11.6. The molecule has 0 amide bonds. The van der Waals surface area contributed by atoms with Crippen LogP contribution in [0.2, 0.25) is 0 Å². The molecule has 0 spiro atoms. The Balaban J connectivity index is 1.14. The first-order chi connectivity index (χ1) is 26.3. The summed E-state index contributed by atoms with van der Waals surface area (Å²) < 4.78 is 2.47. The summed E-state index contributed by atoms with van der Waals surface area (Å²) in [4.78, 5) is 15.8. The van der Waals surface area contributed by atoms with E-state index < -0.39 is 0 Å². The zero-order valence-electron chi connectivity index (χ0n) is 28.5. The van der Waals surface area contributed by atoms with Crippen molar-refractivity contribution in [3.05, 3.63) is 176 Å². The second-order valence-electron chi connectivity index (χ2n) is 13.5. The van der Waals surface area contributed by atoms with E-state index in [1.165, 1.54) is 58.1 Å². The molecule has 0 bridgehead atoms. The lowest BCUT2D eigenvalue weighted by Gasteiger charge is -2.13. The number of benzene rings is 9. The molecule has 0 aliphatic heterocycles. The average molecular weight is 692 g/mol. The second-order valence-corrected chi connectivity index (χ2v) is 14.6. The van der Waals surface area contributed by atoms with Gasteiger partial charge in [-0.05, 0) is 67.0 Å². The average Bonchev–Trinajstić information content (AvgIpc) is 3.62. The lowest BCUT2D eigenvalue weighted by molar-refractivity contribution is 1.08. The number of nitrogens with zero attached hydrogens (tertiary/aromatic N) is 3. The highest BCUT2D eigenvalue weighted by molar-refractivity contribution is 7.25. The monoisotopic (exact) mass is 691 g/mol. The van der Waals surface area contributed by atoms with Crippen molar-refractivity contribution in [3.63, 3.8) is 0 Å². The molecule has 0 N–H and O–H groups in total. The van der Waals surface area contributed by atoms with Crippen LogP contribution >= 0.6 is 11.3 Å². The van der Waals surface area contributed by atoms with E-state index in [0.717, 1.165) is 33.0 Å². The van der Waals surface area contributed by atoms with Gasteiger partial charge in [-0.15, -0.1) is 11.3 Å². The van der Waals surface area contributed by atoms with Gasteiger partial charge in [0.1, 0.15) is 0 Å². The maximum absolute atomic E-state index is 5.30. The van der Waals surface area contributed by atoms with E-state index in [2.05, 4.69) is 176 Å². The van der Waals surface area contributed by atoms with Gasteiger partial charge in [0.05, 0.1) is 0 Å². The van der Waals surface area contributed by atoms with E-state index >= 15 is 0 Å². The Morgan fingerprint density at radius 2 is 0.849 bits per heavy atom. The van der Waals surface area contributed by atoms with Crippen LogP contribution in [0.15, 0.2) is 176 Å². The van der Waals surface area contributed by atoms with Gasteiger partial charge in [-0.3, -0.25) is 0 Å². The fraction of sp³-hybridized carbons (Fsp3) is 0. The number of hydrogen-bond donors (Lipinski definition) is 0. The van der Waals surface area contributed by atoms with Gasteiger partial charge in [0, 0.05) is 42.2 Å². The fourth-order valence-electron chi connectivity index (χ4n) is 8.04. The van der Waals surface area contributed by atoms with E-state index in [-0.39, 0.29) is 0 Å². The second kappa shape index (κ2) is 11.9. The van der Waals surface area contributed by atoms with Gasteiger partial charge in [0.25, 0.3) is 0 Å². The zero-order valence-corrected chi connectivity index (χ0v) is 29.3. The minimum atomic E-state index is 0.647. The van der Waals surface area contributed by atoms with Gasteiger partial charge in [0.2, 0.25) is 0 Å². The van der Waals surface area contributed by atoms with E-state index in [9.17, 15) is 0 Å². The molecule has 0 atom stereocenters. The highest BCUT2D eigenvalue weighted by Crippen LogP contribution is 2.41.